The predicted molar refractivity (Wildman–Crippen MR) is 308 cm³/mol. The Hall–Kier alpha value is -9.44. The number of aromatic amines is 2. The smallest absolute Gasteiger partial charge is 0.316 e. The van der Waals surface area contributed by atoms with Gasteiger partial charge in [0.05, 0.1) is 44.4 Å². The molecule has 0 saturated heterocycles. The molecule has 0 radical (unpaired) electrons. The fraction of sp³-hybridized carbons (Fsp3) is 0.250. The number of hydrogen-bond donors (Lipinski definition) is 6. The zero-order valence-corrected chi connectivity index (χ0v) is 46.5. The first kappa shape index (κ1) is 55.3. The van der Waals surface area contributed by atoms with Gasteiger partial charge in [0.1, 0.15) is 46.0 Å². The molecule has 80 heavy (non-hydrogen) atoms. The van der Waals surface area contributed by atoms with Crippen molar-refractivity contribution in [1.29, 1.82) is 0 Å². The normalized spacial score (nSPS) is 12.6. The van der Waals surface area contributed by atoms with Gasteiger partial charge in [-0.25, -0.2) is 9.97 Å². The van der Waals surface area contributed by atoms with Gasteiger partial charge in [0.25, 0.3) is 0 Å². The molecule has 4 aromatic carbocycles. The van der Waals surface area contributed by atoms with Gasteiger partial charge in [-0.15, -0.1) is 0 Å². The lowest BCUT2D eigenvalue weighted by Gasteiger charge is -2.19. The lowest BCUT2D eigenvalue weighted by atomic mass is 9.97. The molecular weight excluding hydrogens is 1020 g/mol. The van der Waals surface area contributed by atoms with Crippen molar-refractivity contribution in [3.63, 3.8) is 0 Å². The Balaban J connectivity index is 1.50. The van der Waals surface area contributed by atoms with Gasteiger partial charge >= 0.3 is 23.9 Å². The Labute approximate surface area is 462 Å². The average molecular weight is 1080 g/mol. The van der Waals surface area contributed by atoms with Crippen LogP contribution in [0.4, 0.5) is 0 Å². The van der Waals surface area contributed by atoms with E-state index in [4.69, 9.17) is 28.9 Å². The summed E-state index contributed by atoms with van der Waals surface area (Å²) in [5.41, 5.74) is 2.31. The number of ether oxygens (including phenoxy) is 4. The van der Waals surface area contributed by atoms with Crippen molar-refractivity contribution < 1.29 is 58.6 Å². The van der Waals surface area contributed by atoms with Crippen LogP contribution in [0, 0.1) is 21.7 Å². The number of esters is 4. The van der Waals surface area contributed by atoms with E-state index in [-0.39, 0.29) is 46.0 Å². The number of phenols is 4. The number of rotatable bonds is 8. The van der Waals surface area contributed by atoms with Gasteiger partial charge < -0.3 is 49.3 Å². The number of H-pyrrole nitrogens is 2. The van der Waals surface area contributed by atoms with E-state index in [1.807, 2.05) is 0 Å². The average Bonchev–Trinajstić information content (AvgIpc) is 4.28. The van der Waals surface area contributed by atoms with Crippen molar-refractivity contribution in [3.05, 3.63) is 120 Å². The number of nitrogens with zero attached hydrogens (tertiary/aromatic N) is 2. The molecule has 2 aliphatic rings. The second-order valence-corrected chi connectivity index (χ2v) is 23.8. The molecule has 2 aliphatic heterocycles. The van der Waals surface area contributed by atoms with Crippen LogP contribution in [0.2, 0.25) is 0 Å². The Morgan fingerprint density at radius 2 is 0.537 bits per heavy atom. The van der Waals surface area contributed by atoms with Crippen molar-refractivity contribution in [2.45, 2.75) is 83.1 Å². The molecule has 0 atom stereocenters. The molecule has 3 aromatic heterocycles. The number of benzene rings is 4. The molecule has 0 fully saturated rings. The number of hydrogen-bond acceptors (Lipinski definition) is 14. The van der Waals surface area contributed by atoms with E-state index in [9.17, 15) is 39.6 Å². The highest BCUT2D eigenvalue weighted by Gasteiger charge is 2.31. The van der Waals surface area contributed by atoms with Gasteiger partial charge in [0, 0.05) is 90.8 Å². The molecule has 0 aliphatic carbocycles. The molecule has 16 nitrogen and oxygen atoms in total. The molecule has 5 heterocycles. The van der Waals surface area contributed by atoms with Crippen molar-refractivity contribution in [2.75, 3.05) is 0 Å². The largest absolute Gasteiger partial charge is 0.508 e. The van der Waals surface area contributed by atoms with Gasteiger partial charge in [-0.3, -0.25) is 19.2 Å². The van der Waals surface area contributed by atoms with Crippen LogP contribution >= 0.6 is 0 Å². The highest BCUT2D eigenvalue weighted by molar-refractivity contribution is 6.03. The third-order valence-corrected chi connectivity index (χ3v) is 13.0. The molecule has 0 amide bonds. The van der Waals surface area contributed by atoms with Gasteiger partial charge in [0.2, 0.25) is 0 Å². The number of fused-ring (bicyclic) bond motifs is 8. The highest BCUT2D eigenvalue weighted by atomic mass is 16.6. The van der Waals surface area contributed by atoms with Crippen molar-refractivity contribution in [2.24, 2.45) is 21.7 Å². The molecule has 0 saturated carbocycles. The minimum absolute atomic E-state index is 0.0226. The molecule has 6 N–H and O–H groups in total. The van der Waals surface area contributed by atoms with E-state index >= 15 is 0 Å². The first-order valence-electron chi connectivity index (χ1n) is 25.8. The third kappa shape index (κ3) is 11.3. The topological polar surface area (TPSA) is 243 Å². The predicted octanol–water partition coefficient (Wildman–Crippen LogP) is 14.0. The van der Waals surface area contributed by atoms with Crippen LogP contribution in [0.1, 0.15) is 106 Å². The zero-order valence-electron chi connectivity index (χ0n) is 46.5. The standard InChI is InChI=1S/C64H62N4O12/c1-61(2,3)57(73)77-49-29-33(69)13-17-37(49)53-41-21-23-43(65-41)54(38-18-14-34(70)30-50(38)78-58(74)62(4,5)6)45-25-27-47(67-45)56(40-20-16-36(72)32-52(40)80-60(76)64(10,11)12)48-28-26-46(68-48)55(44-24-22-42(53)66-44)39-19-15-35(71)31-51(39)79-59(75)63(7,8)9/h13-32,65,68-72H,1-12H3. The molecule has 9 rings (SSSR count). The van der Waals surface area contributed by atoms with E-state index in [1.165, 1.54) is 48.5 Å². The molecule has 0 spiro atoms. The van der Waals surface area contributed by atoms with E-state index < -0.39 is 45.5 Å². The SMILES string of the molecule is CC(C)(C)C(=O)Oc1cc(O)ccc1-c1c2nc(c(-c3ccc(O)cc3OC(=O)C(C)(C)C)c3ccc([nH]3)c(-c3ccc(O)cc3OC(=O)C(C)(C)C)c3nc(c(-c4ccc(O)cc4OC(=O)C(C)(C)C)c4ccc1[nH]4)C=C3)C=C2. The molecule has 8 bridgehead atoms. The number of aromatic nitrogens is 4. The maximum absolute atomic E-state index is 13.7. The number of nitrogens with one attached hydrogen (secondary N) is 2. The summed E-state index contributed by atoms with van der Waals surface area (Å²) in [6.45, 7) is 20.5. The molecule has 410 valence electrons. The first-order chi connectivity index (χ1) is 37.4. The number of aromatic hydroxyl groups is 4. The van der Waals surface area contributed by atoms with Crippen LogP contribution in [0.3, 0.4) is 0 Å². The summed E-state index contributed by atoms with van der Waals surface area (Å²) in [5.74, 6) is -2.92. The lowest BCUT2D eigenvalue weighted by molar-refractivity contribution is -0.143. The van der Waals surface area contributed by atoms with E-state index in [0.29, 0.717) is 89.4 Å². The number of phenolic OH excluding ortho intramolecular Hbond substituents is 4. The van der Waals surface area contributed by atoms with Gasteiger partial charge in [0.15, 0.2) is 0 Å². The number of carbonyl (C=O) groups excluding carboxylic acids is 4. The second kappa shape index (κ2) is 20.4. The molecule has 16 heteroatoms. The van der Waals surface area contributed by atoms with Crippen molar-refractivity contribution in [3.8, 4) is 90.5 Å². The quantitative estimate of drug-likeness (QED) is 0.0612. The van der Waals surface area contributed by atoms with Crippen LogP contribution < -0.4 is 18.9 Å². The Morgan fingerprint density at radius 1 is 0.338 bits per heavy atom. The summed E-state index contributed by atoms with van der Waals surface area (Å²) in [6.07, 6.45) is 7.05. The highest BCUT2D eigenvalue weighted by Crippen LogP contribution is 2.46. The Kier molecular flexibility index (Phi) is 14.1. The first-order valence-corrected chi connectivity index (χ1v) is 25.8. The monoisotopic (exact) mass is 1080 g/mol. The molecule has 7 aromatic rings. The summed E-state index contributed by atoms with van der Waals surface area (Å²) in [6, 6.07) is 24.9. The maximum Gasteiger partial charge on any atom is 0.316 e. The van der Waals surface area contributed by atoms with Gasteiger partial charge in [-0.2, -0.15) is 0 Å². The van der Waals surface area contributed by atoms with E-state index in [1.54, 1.807) is 156 Å². The van der Waals surface area contributed by atoms with Crippen molar-refractivity contribution in [1.82, 2.24) is 19.9 Å². The number of carbonyl (C=O) groups is 4. The summed E-state index contributed by atoms with van der Waals surface area (Å²) >= 11 is 0. The minimum atomic E-state index is -0.957. The molecule has 0 unspecified atom stereocenters. The minimum Gasteiger partial charge on any atom is -0.508 e. The maximum atomic E-state index is 13.7. The van der Waals surface area contributed by atoms with Gasteiger partial charge in [-0.1, -0.05) is 0 Å². The van der Waals surface area contributed by atoms with Crippen LogP contribution in [0.15, 0.2) is 97.1 Å². The summed E-state index contributed by atoms with van der Waals surface area (Å²) in [5, 5.41) is 43.8. The summed E-state index contributed by atoms with van der Waals surface area (Å²) in [7, 11) is 0. The van der Waals surface area contributed by atoms with Crippen LogP contribution in [-0.4, -0.2) is 64.2 Å². The summed E-state index contributed by atoms with van der Waals surface area (Å²) < 4.78 is 24.4. The third-order valence-electron chi connectivity index (χ3n) is 13.0. The zero-order chi connectivity index (χ0) is 58.0. The van der Waals surface area contributed by atoms with E-state index in [0.717, 1.165) is 0 Å². The van der Waals surface area contributed by atoms with Crippen LogP contribution in [0.5, 0.6) is 46.0 Å². The second-order valence-electron chi connectivity index (χ2n) is 23.8. The Bertz CT molecular complexity index is 3460. The fourth-order valence-electron chi connectivity index (χ4n) is 8.56. The van der Waals surface area contributed by atoms with Gasteiger partial charge in [-0.05, 0) is 180 Å². The van der Waals surface area contributed by atoms with Crippen LogP contribution in [-0.2, 0) is 19.2 Å². The Morgan fingerprint density at radius 3 is 0.725 bits per heavy atom. The fourth-order valence-corrected chi connectivity index (χ4v) is 8.56. The lowest BCUT2D eigenvalue weighted by Crippen LogP contribution is -2.25. The molecular formula is C64H62N4O12. The van der Waals surface area contributed by atoms with Crippen LogP contribution in [0.25, 0.3) is 90.9 Å². The van der Waals surface area contributed by atoms with Crippen molar-refractivity contribution >= 4 is 70.2 Å². The van der Waals surface area contributed by atoms with E-state index in [2.05, 4.69) is 9.97 Å². The summed E-state index contributed by atoms with van der Waals surface area (Å²) in [4.78, 5) is 72.6.